The number of thioether (sulfide) groups is 1. The maximum absolute atomic E-state index is 12.0. The van der Waals surface area contributed by atoms with E-state index < -0.39 is 0 Å². The molecular weight excluding hydrogens is 338 g/mol. The molecule has 2 aromatic heterocycles. The van der Waals surface area contributed by atoms with Crippen LogP contribution in [-0.2, 0) is 4.79 Å². The van der Waals surface area contributed by atoms with Crippen LogP contribution in [0, 0.1) is 0 Å². The summed E-state index contributed by atoms with van der Waals surface area (Å²) in [6.45, 7) is 5.93. The molecule has 24 heavy (non-hydrogen) atoms. The van der Waals surface area contributed by atoms with Crippen molar-refractivity contribution in [2.45, 2.75) is 31.3 Å². The van der Waals surface area contributed by atoms with Crippen LogP contribution in [0.5, 0.6) is 0 Å². The number of nitrogens with zero attached hydrogens (tertiary/aromatic N) is 2. The fourth-order valence-corrected chi connectivity index (χ4v) is 4.12. The Kier molecular flexibility index (Phi) is 4.87. The summed E-state index contributed by atoms with van der Waals surface area (Å²) in [5.74, 6) is 0.359. The van der Waals surface area contributed by atoms with Crippen molar-refractivity contribution in [3.63, 3.8) is 0 Å². The van der Waals surface area contributed by atoms with E-state index in [9.17, 15) is 4.79 Å². The Hall–Kier alpha value is -1.92. The number of hydrogen-bond donors (Lipinski definition) is 1. The second kappa shape index (κ2) is 6.91. The topological polar surface area (TPSA) is 54.9 Å². The zero-order chi connectivity index (χ0) is 17.2. The number of thiophene rings is 1. The third kappa shape index (κ3) is 4.13. The molecule has 0 saturated carbocycles. The fraction of sp³-hybridized carbons (Fsp3) is 0.278. The summed E-state index contributed by atoms with van der Waals surface area (Å²) in [6, 6.07) is 12.3. The normalized spacial score (nSPS) is 11.6. The third-order valence-electron chi connectivity index (χ3n) is 3.21. The van der Waals surface area contributed by atoms with Crippen LogP contribution < -0.4 is 5.32 Å². The molecular formula is C18H19N3OS2. The van der Waals surface area contributed by atoms with Gasteiger partial charge in [-0.05, 0) is 32.4 Å². The molecule has 3 aromatic rings. The van der Waals surface area contributed by atoms with E-state index in [1.54, 1.807) is 17.7 Å². The van der Waals surface area contributed by atoms with Crippen LogP contribution in [0.4, 0.5) is 0 Å². The molecule has 4 nitrogen and oxygen atoms in total. The zero-order valence-corrected chi connectivity index (χ0v) is 15.5. The van der Waals surface area contributed by atoms with Gasteiger partial charge in [-0.25, -0.2) is 9.97 Å². The Balaban J connectivity index is 1.82. The number of amides is 1. The number of aromatic nitrogens is 2. The summed E-state index contributed by atoms with van der Waals surface area (Å²) in [5.41, 5.74) is 0.948. The van der Waals surface area contributed by atoms with Gasteiger partial charge < -0.3 is 5.32 Å². The average Bonchev–Trinajstić information content (AvgIpc) is 2.97. The molecule has 1 amide bonds. The quantitative estimate of drug-likeness (QED) is 0.557. The van der Waals surface area contributed by atoms with Crippen molar-refractivity contribution >= 4 is 39.2 Å². The van der Waals surface area contributed by atoms with E-state index in [2.05, 4.69) is 33.5 Å². The van der Waals surface area contributed by atoms with Gasteiger partial charge in [0.1, 0.15) is 16.2 Å². The SMILES string of the molecule is CC(C)(C)NC(=O)CSc1ncnc2sc(-c3ccccc3)cc12. The Morgan fingerprint density at radius 1 is 1.21 bits per heavy atom. The van der Waals surface area contributed by atoms with Crippen LogP contribution in [0.2, 0.25) is 0 Å². The van der Waals surface area contributed by atoms with Crippen LogP contribution in [0.25, 0.3) is 20.7 Å². The largest absolute Gasteiger partial charge is 0.351 e. The first-order valence-corrected chi connectivity index (χ1v) is 9.46. The van der Waals surface area contributed by atoms with Crippen LogP contribution >= 0.6 is 23.1 Å². The minimum absolute atomic E-state index is 0.0118. The summed E-state index contributed by atoms with van der Waals surface area (Å²) >= 11 is 3.09. The van der Waals surface area contributed by atoms with E-state index in [1.807, 2.05) is 39.0 Å². The molecule has 0 aliphatic heterocycles. The fourth-order valence-electron chi connectivity index (χ4n) is 2.28. The molecule has 0 fully saturated rings. The molecule has 2 heterocycles. The van der Waals surface area contributed by atoms with Gasteiger partial charge in [-0.3, -0.25) is 4.79 Å². The standard InChI is InChI=1S/C18H19N3OS2/c1-18(2,3)21-15(22)10-23-16-13-9-14(12-7-5-4-6-8-12)24-17(13)20-11-19-16/h4-9,11H,10H2,1-3H3,(H,21,22). The highest BCUT2D eigenvalue weighted by Gasteiger charge is 2.16. The lowest BCUT2D eigenvalue weighted by atomic mass is 10.1. The highest BCUT2D eigenvalue weighted by atomic mass is 32.2. The Morgan fingerprint density at radius 2 is 1.96 bits per heavy atom. The number of nitrogens with one attached hydrogen (secondary N) is 1. The molecule has 0 spiro atoms. The van der Waals surface area contributed by atoms with Crippen LogP contribution in [0.1, 0.15) is 20.8 Å². The summed E-state index contributed by atoms with van der Waals surface area (Å²) in [7, 11) is 0. The highest BCUT2D eigenvalue weighted by Crippen LogP contribution is 2.35. The van der Waals surface area contributed by atoms with Gasteiger partial charge in [0.25, 0.3) is 0 Å². The van der Waals surface area contributed by atoms with Crippen molar-refractivity contribution in [2.24, 2.45) is 0 Å². The molecule has 0 radical (unpaired) electrons. The van der Waals surface area contributed by atoms with Gasteiger partial charge in [0.05, 0.1) is 5.75 Å². The molecule has 6 heteroatoms. The van der Waals surface area contributed by atoms with Gasteiger partial charge >= 0.3 is 0 Å². The van der Waals surface area contributed by atoms with Gasteiger partial charge in [0.15, 0.2) is 0 Å². The molecule has 3 rings (SSSR count). The number of benzene rings is 1. The first kappa shape index (κ1) is 16.9. The molecule has 124 valence electrons. The van der Waals surface area contributed by atoms with Crippen molar-refractivity contribution < 1.29 is 4.79 Å². The maximum Gasteiger partial charge on any atom is 0.230 e. The van der Waals surface area contributed by atoms with Crippen molar-refractivity contribution in [1.29, 1.82) is 0 Å². The first-order chi connectivity index (χ1) is 11.4. The molecule has 0 saturated heterocycles. The van der Waals surface area contributed by atoms with Crippen molar-refractivity contribution in [3.05, 3.63) is 42.7 Å². The average molecular weight is 358 g/mol. The molecule has 1 aromatic carbocycles. The summed E-state index contributed by atoms with van der Waals surface area (Å²) in [5, 5.41) is 4.83. The van der Waals surface area contributed by atoms with E-state index >= 15 is 0 Å². The molecule has 0 atom stereocenters. The van der Waals surface area contributed by atoms with Crippen LogP contribution in [-0.4, -0.2) is 27.2 Å². The maximum atomic E-state index is 12.0. The summed E-state index contributed by atoms with van der Waals surface area (Å²) < 4.78 is 0. The van der Waals surface area contributed by atoms with Crippen LogP contribution in [0.15, 0.2) is 47.8 Å². The third-order valence-corrected chi connectivity index (χ3v) is 5.30. The van der Waals surface area contributed by atoms with E-state index in [1.165, 1.54) is 17.3 Å². The monoisotopic (exact) mass is 357 g/mol. The van der Waals surface area contributed by atoms with Crippen molar-refractivity contribution in [2.75, 3.05) is 5.75 Å². The summed E-state index contributed by atoms with van der Waals surface area (Å²) in [4.78, 5) is 22.9. The van der Waals surface area contributed by atoms with Crippen LogP contribution in [0.3, 0.4) is 0 Å². The number of rotatable bonds is 4. The minimum atomic E-state index is -0.221. The minimum Gasteiger partial charge on any atom is -0.351 e. The summed E-state index contributed by atoms with van der Waals surface area (Å²) in [6.07, 6.45) is 1.57. The lowest BCUT2D eigenvalue weighted by Gasteiger charge is -2.20. The number of carbonyl (C=O) groups excluding carboxylic acids is 1. The number of hydrogen-bond acceptors (Lipinski definition) is 5. The van der Waals surface area contributed by atoms with Crippen molar-refractivity contribution in [1.82, 2.24) is 15.3 Å². The first-order valence-electron chi connectivity index (χ1n) is 7.66. The van der Waals surface area contributed by atoms with E-state index in [0.29, 0.717) is 5.75 Å². The van der Waals surface area contributed by atoms with Gasteiger partial charge in [-0.1, -0.05) is 42.1 Å². The van der Waals surface area contributed by atoms with E-state index in [4.69, 9.17) is 0 Å². The number of carbonyl (C=O) groups is 1. The molecule has 0 unspecified atom stereocenters. The van der Waals surface area contributed by atoms with Crippen molar-refractivity contribution in [3.8, 4) is 10.4 Å². The lowest BCUT2D eigenvalue weighted by Crippen LogP contribution is -2.41. The van der Waals surface area contributed by atoms with Gasteiger partial charge in [0.2, 0.25) is 5.91 Å². The predicted molar refractivity (Wildman–Crippen MR) is 101 cm³/mol. The molecule has 0 aliphatic carbocycles. The second-order valence-electron chi connectivity index (χ2n) is 6.46. The van der Waals surface area contributed by atoms with E-state index in [-0.39, 0.29) is 11.4 Å². The van der Waals surface area contributed by atoms with E-state index in [0.717, 1.165) is 20.1 Å². The van der Waals surface area contributed by atoms with Gasteiger partial charge in [-0.2, -0.15) is 0 Å². The predicted octanol–water partition coefficient (Wildman–Crippen LogP) is 4.37. The molecule has 0 aliphatic rings. The second-order valence-corrected chi connectivity index (χ2v) is 8.46. The molecule has 0 bridgehead atoms. The molecule has 1 N–H and O–H groups in total. The van der Waals surface area contributed by atoms with Gasteiger partial charge in [-0.15, -0.1) is 11.3 Å². The Bertz CT molecular complexity index is 854. The lowest BCUT2D eigenvalue weighted by molar-refractivity contribution is -0.119. The highest BCUT2D eigenvalue weighted by molar-refractivity contribution is 8.00. The smallest absolute Gasteiger partial charge is 0.230 e. The zero-order valence-electron chi connectivity index (χ0n) is 13.9. The number of fused-ring (bicyclic) bond motifs is 1. The Labute approximate surface area is 149 Å². The van der Waals surface area contributed by atoms with Gasteiger partial charge in [0, 0.05) is 15.8 Å². The Morgan fingerprint density at radius 3 is 2.67 bits per heavy atom.